The van der Waals surface area contributed by atoms with Gasteiger partial charge in [0.1, 0.15) is 0 Å². The van der Waals surface area contributed by atoms with Crippen LogP contribution in [-0.4, -0.2) is 79.0 Å². The molecule has 2 aliphatic rings. The molecule has 1 aromatic carbocycles. The Morgan fingerprint density at radius 3 is 2.29 bits per heavy atom. The summed E-state index contributed by atoms with van der Waals surface area (Å²) in [6.07, 6.45) is -1.98. The summed E-state index contributed by atoms with van der Waals surface area (Å²) < 4.78 is 37.6. The fourth-order valence-electron chi connectivity index (χ4n) is 4.02. The molecule has 6 nitrogen and oxygen atoms in total. The van der Waals surface area contributed by atoms with Crippen molar-refractivity contribution in [3.05, 3.63) is 35.4 Å². The van der Waals surface area contributed by atoms with Crippen molar-refractivity contribution < 1.29 is 18.3 Å². The molecule has 10 heteroatoms. The summed E-state index contributed by atoms with van der Waals surface area (Å²) in [5, 5.41) is 16.1. The summed E-state index contributed by atoms with van der Waals surface area (Å²) in [6.45, 7) is 3.27. The minimum Gasteiger partial charge on any atom is -0.393 e. The van der Waals surface area contributed by atoms with Gasteiger partial charge in [-0.1, -0.05) is 24.3 Å². The van der Waals surface area contributed by atoms with Crippen molar-refractivity contribution >= 4 is 29.9 Å². The molecule has 0 spiro atoms. The molecule has 0 bridgehead atoms. The van der Waals surface area contributed by atoms with Crippen molar-refractivity contribution in [3.63, 3.8) is 0 Å². The van der Waals surface area contributed by atoms with Crippen molar-refractivity contribution in [2.45, 2.75) is 50.7 Å². The highest BCUT2D eigenvalue weighted by Gasteiger charge is 2.34. The van der Waals surface area contributed by atoms with Crippen molar-refractivity contribution in [3.8, 4) is 0 Å². The lowest BCUT2D eigenvalue weighted by atomic mass is 10.1. The number of rotatable bonds is 6. The van der Waals surface area contributed by atoms with Gasteiger partial charge < -0.3 is 15.7 Å². The number of nitrogens with zero attached hydrogens (tertiary/aromatic N) is 3. The number of nitrogens with one attached hydrogen (secondary N) is 2. The highest BCUT2D eigenvalue weighted by molar-refractivity contribution is 14.0. The third-order valence-corrected chi connectivity index (χ3v) is 5.69. The van der Waals surface area contributed by atoms with Gasteiger partial charge in [-0.3, -0.25) is 14.8 Å². The van der Waals surface area contributed by atoms with Crippen LogP contribution in [0.1, 0.15) is 30.4 Å². The smallest absolute Gasteiger partial charge is 0.393 e. The molecule has 3 rings (SSSR count). The number of alkyl halides is 3. The number of halogens is 4. The van der Waals surface area contributed by atoms with Crippen LogP contribution in [0.25, 0.3) is 0 Å². The molecule has 176 valence electrons. The van der Waals surface area contributed by atoms with Gasteiger partial charge in [0.25, 0.3) is 0 Å². The third-order valence-electron chi connectivity index (χ3n) is 5.69. The van der Waals surface area contributed by atoms with Crippen molar-refractivity contribution in [2.24, 2.45) is 4.99 Å². The fourth-order valence-corrected chi connectivity index (χ4v) is 4.02. The van der Waals surface area contributed by atoms with Crippen molar-refractivity contribution in [1.29, 1.82) is 0 Å². The average Bonchev–Trinajstić information content (AvgIpc) is 3.13. The Labute approximate surface area is 199 Å². The largest absolute Gasteiger partial charge is 0.401 e. The van der Waals surface area contributed by atoms with Crippen LogP contribution < -0.4 is 10.6 Å². The number of guanidine groups is 1. The first-order valence-electron chi connectivity index (χ1n) is 10.6. The van der Waals surface area contributed by atoms with E-state index in [2.05, 4.69) is 44.8 Å². The van der Waals surface area contributed by atoms with Crippen LogP contribution in [0.15, 0.2) is 29.3 Å². The summed E-state index contributed by atoms with van der Waals surface area (Å²) >= 11 is 0. The number of piperidine rings is 1. The number of aliphatic hydroxyl groups excluding tert-OH is 1. The first kappa shape index (κ1) is 26.1. The Bertz CT molecular complexity index is 693. The van der Waals surface area contributed by atoms with Gasteiger partial charge in [0.2, 0.25) is 0 Å². The summed E-state index contributed by atoms with van der Waals surface area (Å²) in [5.74, 6) is 0.602. The van der Waals surface area contributed by atoms with Crippen LogP contribution in [-0.2, 0) is 13.1 Å². The van der Waals surface area contributed by atoms with E-state index in [1.165, 1.54) is 10.5 Å². The maximum Gasteiger partial charge on any atom is 0.401 e. The SMILES string of the molecule is CN=C(NCc1ccc(CN2CCC(O)CC2)cc1)NC1CCN(CC(F)(F)F)C1.I. The van der Waals surface area contributed by atoms with Gasteiger partial charge in [-0.25, -0.2) is 0 Å². The third kappa shape index (κ3) is 9.11. The molecule has 2 fully saturated rings. The molecule has 1 aromatic rings. The first-order valence-corrected chi connectivity index (χ1v) is 10.6. The van der Waals surface area contributed by atoms with Gasteiger partial charge in [0.15, 0.2) is 5.96 Å². The van der Waals surface area contributed by atoms with E-state index < -0.39 is 12.7 Å². The van der Waals surface area contributed by atoms with E-state index in [0.29, 0.717) is 32.0 Å². The molecule has 2 aliphatic heterocycles. The number of likely N-dealkylation sites (tertiary alicyclic amines) is 2. The summed E-state index contributed by atoms with van der Waals surface area (Å²) in [6, 6.07) is 8.35. The van der Waals surface area contributed by atoms with E-state index in [9.17, 15) is 18.3 Å². The monoisotopic (exact) mass is 555 g/mol. The van der Waals surface area contributed by atoms with E-state index in [0.717, 1.165) is 38.0 Å². The maximum atomic E-state index is 12.5. The normalized spacial score (nSPS) is 21.7. The predicted molar refractivity (Wildman–Crippen MR) is 127 cm³/mol. The Morgan fingerprint density at radius 2 is 1.68 bits per heavy atom. The summed E-state index contributed by atoms with van der Waals surface area (Å²) in [7, 11) is 1.66. The van der Waals surface area contributed by atoms with Gasteiger partial charge in [-0.15, -0.1) is 24.0 Å². The lowest BCUT2D eigenvalue weighted by Gasteiger charge is -2.29. The second kappa shape index (κ2) is 12.2. The summed E-state index contributed by atoms with van der Waals surface area (Å²) in [4.78, 5) is 7.97. The summed E-state index contributed by atoms with van der Waals surface area (Å²) in [5.41, 5.74) is 2.36. The van der Waals surface area contributed by atoms with E-state index >= 15 is 0 Å². The van der Waals surface area contributed by atoms with Gasteiger partial charge in [-0.05, 0) is 30.4 Å². The van der Waals surface area contributed by atoms with Crippen LogP contribution in [0.3, 0.4) is 0 Å². The molecular formula is C21H33F3IN5O. The van der Waals surface area contributed by atoms with Gasteiger partial charge in [-0.2, -0.15) is 13.2 Å². The van der Waals surface area contributed by atoms with Crippen LogP contribution in [0, 0.1) is 0 Å². The minimum absolute atomic E-state index is 0. The van der Waals surface area contributed by atoms with Crippen molar-refractivity contribution in [2.75, 3.05) is 39.8 Å². The topological polar surface area (TPSA) is 63.1 Å². The van der Waals surface area contributed by atoms with Crippen molar-refractivity contribution in [1.82, 2.24) is 20.4 Å². The molecule has 2 saturated heterocycles. The Hall–Kier alpha value is -1.11. The maximum absolute atomic E-state index is 12.5. The Balaban J connectivity index is 0.00000341. The molecule has 0 aliphatic carbocycles. The predicted octanol–water partition coefficient (Wildman–Crippen LogP) is 2.56. The zero-order valence-electron chi connectivity index (χ0n) is 17.9. The second-order valence-electron chi connectivity index (χ2n) is 8.23. The molecule has 31 heavy (non-hydrogen) atoms. The fraction of sp³-hybridized carbons (Fsp3) is 0.667. The van der Waals surface area contributed by atoms with E-state index in [1.54, 1.807) is 7.05 Å². The van der Waals surface area contributed by atoms with Crippen LogP contribution in [0.2, 0.25) is 0 Å². The Morgan fingerprint density at radius 1 is 1.06 bits per heavy atom. The Kier molecular flexibility index (Phi) is 10.3. The number of aliphatic imine (C=N–C) groups is 1. The molecule has 0 amide bonds. The van der Waals surface area contributed by atoms with Gasteiger partial charge in [0.05, 0.1) is 12.6 Å². The average molecular weight is 555 g/mol. The van der Waals surface area contributed by atoms with E-state index in [-0.39, 0.29) is 36.1 Å². The standard InChI is InChI=1S/C21H32F3N5O.HI/c1-25-20(27-18-6-9-29(14-18)15-21(22,23)24)26-12-16-2-4-17(5-3-16)13-28-10-7-19(30)8-11-28;/h2-5,18-19,30H,6-15H2,1H3,(H2,25,26,27);1H. The lowest BCUT2D eigenvalue weighted by molar-refractivity contribution is -0.143. The number of hydrogen-bond donors (Lipinski definition) is 3. The highest BCUT2D eigenvalue weighted by atomic mass is 127. The molecule has 1 unspecified atom stereocenters. The molecular weight excluding hydrogens is 522 g/mol. The molecule has 0 saturated carbocycles. The lowest BCUT2D eigenvalue weighted by Crippen LogP contribution is -2.44. The first-order chi connectivity index (χ1) is 14.3. The van der Waals surface area contributed by atoms with Gasteiger partial charge >= 0.3 is 6.18 Å². The van der Waals surface area contributed by atoms with E-state index in [4.69, 9.17) is 0 Å². The van der Waals surface area contributed by atoms with Crippen LogP contribution >= 0.6 is 24.0 Å². The zero-order valence-corrected chi connectivity index (χ0v) is 20.2. The molecule has 1 atom stereocenters. The molecule has 3 N–H and O–H groups in total. The second-order valence-corrected chi connectivity index (χ2v) is 8.23. The molecule has 0 aromatic heterocycles. The zero-order chi connectivity index (χ0) is 21.6. The quantitative estimate of drug-likeness (QED) is 0.286. The number of hydrogen-bond acceptors (Lipinski definition) is 4. The van der Waals surface area contributed by atoms with Crippen LogP contribution in [0.4, 0.5) is 13.2 Å². The van der Waals surface area contributed by atoms with Crippen LogP contribution in [0.5, 0.6) is 0 Å². The minimum atomic E-state index is -4.16. The number of benzene rings is 1. The molecule has 0 radical (unpaired) electrons. The number of aliphatic hydroxyl groups is 1. The molecule has 2 heterocycles. The highest BCUT2D eigenvalue weighted by Crippen LogP contribution is 2.20. The van der Waals surface area contributed by atoms with Gasteiger partial charge in [0, 0.05) is 52.4 Å². The van der Waals surface area contributed by atoms with E-state index in [1.807, 2.05) is 0 Å².